The maximum Gasteiger partial charge on any atom is 0.352 e. The number of aromatic carboxylic acids is 1. The fourth-order valence-electron chi connectivity index (χ4n) is 8.48. The van der Waals surface area contributed by atoms with E-state index < -0.39 is 16.0 Å². The zero-order valence-electron chi connectivity index (χ0n) is 31.9. The van der Waals surface area contributed by atoms with Crippen molar-refractivity contribution in [1.29, 1.82) is 0 Å². The van der Waals surface area contributed by atoms with Crippen LogP contribution in [0.5, 0.6) is 5.75 Å². The number of thioether (sulfide) groups is 1. The van der Waals surface area contributed by atoms with Crippen LogP contribution in [0.15, 0.2) is 83.8 Å². The standard InChI is InChI=1S/C43H40ClFN6O5S2/c1-48-41-34-14-15-35(44)39(41)40-36(47-51-16-6-11-37(40)51)23-50(58(54,55)25-26-8-4-3-5-9-26)22-29-20-30(49(2)46-29)24-57-31-19-27-18-28(45)12-13-32(27)38(21-31)56-17-7-10-33(34)42(48)43(52)53/h3-5,8-9,12-15,18-21H,6-7,10-11,16-17,22-25H2,1-2H3,(H,52,53). The fraction of sp³-hybridized carbons (Fsp3) is 0.279. The SMILES string of the molecule is Cn1nc2cc1CSc1cc(c3ccc(F)cc3c1)OCCCc1c(C(=O)O)n(C)c3c(c(Cl)ccc13)-c1c(nn3c1CCC3)CN(S(=O)(=O)Cc1ccccc1)C2. The van der Waals surface area contributed by atoms with Gasteiger partial charge in [-0.15, -0.1) is 11.8 Å². The van der Waals surface area contributed by atoms with Gasteiger partial charge in [-0.25, -0.2) is 17.6 Å². The molecule has 3 aromatic heterocycles. The van der Waals surface area contributed by atoms with Crippen molar-refractivity contribution >= 4 is 61.0 Å². The molecular weight excluding hydrogens is 799 g/mol. The number of fused-ring (bicyclic) bond motifs is 10. The van der Waals surface area contributed by atoms with Crippen LogP contribution in [0.4, 0.5) is 4.39 Å². The zero-order valence-corrected chi connectivity index (χ0v) is 34.3. The third-order valence-corrected chi connectivity index (χ3v) is 14.2. The lowest BCUT2D eigenvalue weighted by Gasteiger charge is -2.22. The summed E-state index contributed by atoms with van der Waals surface area (Å²) >= 11 is 8.69. The van der Waals surface area contributed by atoms with E-state index in [-0.39, 0.29) is 37.0 Å². The van der Waals surface area contributed by atoms with Gasteiger partial charge in [-0.3, -0.25) is 9.36 Å². The van der Waals surface area contributed by atoms with Crippen molar-refractivity contribution in [3.8, 4) is 16.9 Å². The quantitative estimate of drug-likeness (QED) is 0.187. The topological polar surface area (TPSA) is 124 Å². The van der Waals surface area contributed by atoms with Crippen LogP contribution in [0.25, 0.3) is 32.8 Å². The Labute approximate surface area is 344 Å². The summed E-state index contributed by atoms with van der Waals surface area (Å²) in [5.41, 5.74) is 6.35. The molecule has 0 aliphatic carbocycles. The summed E-state index contributed by atoms with van der Waals surface area (Å²) < 4.78 is 56.8. The fourth-order valence-corrected chi connectivity index (χ4v) is 11.2. The molecule has 0 atom stereocenters. The van der Waals surface area contributed by atoms with Gasteiger partial charge in [0.2, 0.25) is 10.0 Å². The maximum absolute atomic E-state index is 14.6. The highest BCUT2D eigenvalue weighted by atomic mass is 35.5. The van der Waals surface area contributed by atoms with Gasteiger partial charge in [0.25, 0.3) is 0 Å². The van der Waals surface area contributed by atoms with Crippen LogP contribution < -0.4 is 4.74 Å². The summed E-state index contributed by atoms with van der Waals surface area (Å²) in [7, 11) is -0.385. The van der Waals surface area contributed by atoms with E-state index in [4.69, 9.17) is 26.5 Å². The number of carboxylic acid groups (broad SMARTS) is 1. The number of carboxylic acids is 1. The van der Waals surface area contributed by atoms with Gasteiger partial charge in [0.05, 0.1) is 47.4 Å². The van der Waals surface area contributed by atoms with Crippen LogP contribution in [0.2, 0.25) is 5.02 Å². The molecule has 0 saturated carbocycles. The van der Waals surface area contributed by atoms with Crippen molar-refractivity contribution in [2.24, 2.45) is 14.1 Å². The third kappa shape index (κ3) is 7.05. The third-order valence-electron chi connectivity index (χ3n) is 11.1. The van der Waals surface area contributed by atoms with E-state index >= 15 is 0 Å². The molecule has 298 valence electrons. The molecule has 0 saturated heterocycles. The number of benzene rings is 4. The second kappa shape index (κ2) is 15.2. The van der Waals surface area contributed by atoms with Gasteiger partial charge in [0.15, 0.2) is 0 Å². The first-order valence-corrected chi connectivity index (χ1v) is 22.1. The zero-order chi connectivity index (χ0) is 40.3. The minimum absolute atomic E-state index is 0.0159. The Balaban J connectivity index is 1.23. The second-order valence-corrected chi connectivity index (χ2v) is 18.3. The molecule has 7 aromatic rings. The van der Waals surface area contributed by atoms with Gasteiger partial charge < -0.3 is 14.4 Å². The van der Waals surface area contributed by atoms with Gasteiger partial charge >= 0.3 is 5.97 Å². The first kappa shape index (κ1) is 38.4. The lowest BCUT2D eigenvalue weighted by molar-refractivity contribution is 0.0685. The molecule has 8 bridgehead atoms. The van der Waals surface area contributed by atoms with Crippen LogP contribution in [0, 0.1) is 5.82 Å². The molecule has 11 nitrogen and oxygen atoms in total. The Morgan fingerprint density at radius 3 is 2.57 bits per heavy atom. The summed E-state index contributed by atoms with van der Waals surface area (Å²) in [6.45, 7) is 0.877. The van der Waals surface area contributed by atoms with Gasteiger partial charge in [0, 0.05) is 64.6 Å². The number of hydrogen-bond acceptors (Lipinski definition) is 7. The normalized spacial score (nSPS) is 15.3. The molecule has 0 spiro atoms. The molecular formula is C43H40ClFN6O5S2. The van der Waals surface area contributed by atoms with E-state index in [1.165, 1.54) is 16.4 Å². The largest absolute Gasteiger partial charge is 0.493 e. The van der Waals surface area contributed by atoms with Gasteiger partial charge in [-0.05, 0) is 84.7 Å². The number of carbonyl (C=O) groups is 1. The van der Waals surface area contributed by atoms with Crippen LogP contribution in [0.3, 0.4) is 0 Å². The molecule has 0 radical (unpaired) electrons. The van der Waals surface area contributed by atoms with Crippen LogP contribution in [0.1, 0.15) is 57.2 Å². The number of nitrogens with zero attached hydrogens (tertiary/aromatic N) is 6. The molecule has 15 heteroatoms. The number of hydrogen-bond donors (Lipinski definition) is 1. The highest BCUT2D eigenvalue weighted by molar-refractivity contribution is 7.98. The number of aromatic nitrogens is 5. The van der Waals surface area contributed by atoms with Gasteiger partial charge in [-0.1, -0.05) is 48.0 Å². The molecule has 0 fully saturated rings. The monoisotopic (exact) mass is 838 g/mol. The van der Waals surface area contributed by atoms with Gasteiger partial charge in [-0.2, -0.15) is 14.5 Å². The number of rotatable bonds is 4. The van der Waals surface area contributed by atoms with E-state index in [9.17, 15) is 22.7 Å². The van der Waals surface area contributed by atoms with E-state index in [2.05, 4.69) is 0 Å². The van der Waals surface area contributed by atoms with Gasteiger partial charge in [0.1, 0.15) is 17.3 Å². The van der Waals surface area contributed by atoms with Crippen LogP contribution in [-0.2, 0) is 68.1 Å². The van der Waals surface area contributed by atoms with Crippen molar-refractivity contribution in [3.05, 3.63) is 129 Å². The Hall–Kier alpha value is -5.15. The van der Waals surface area contributed by atoms with Crippen molar-refractivity contribution in [2.45, 2.75) is 61.7 Å². The molecule has 1 N–H and O–H groups in total. The Bertz CT molecular complexity index is 2870. The first-order chi connectivity index (χ1) is 27.9. The number of ether oxygens (including phenoxy) is 1. The predicted octanol–water partition coefficient (Wildman–Crippen LogP) is 8.51. The average molecular weight is 839 g/mol. The summed E-state index contributed by atoms with van der Waals surface area (Å²) in [5, 5.41) is 23.1. The van der Waals surface area contributed by atoms with E-state index in [0.29, 0.717) is 81.3 Å². The van der Waals surface area contributed by atoms with E-state index in [1.807, 2.05) is 54.2 Å². The van der Waals surface area contributed by atoms with Crippen molar-refractivity contribution in [1.82, 2.24) is 28.4 Å². The van der Waals surface area contributed by atoms with Crippen LogP contribution in [-0.4, -0.2) is 54.5 Å². The van der Waals surface area contributed by atoms with E-state index in [0.717, 1.165) is 39.0 Å². The lowest BCUT2D eigenvalue weighted by Crippen LogP contribution is -2.32. The highest BCUT2D eigenvalue weighted by Gasteiger charge is 2.33. The lowest BCUT2D eigenvalue weighted by atomic mass is 9.97. The Morgan fingerprint density at radius 2 is 1.76 bits per heavy atom. The minimum atomic E-state index is -3.96. The molecule has 0 unspecified atom stereocenters. The minimum Gasteiger partial charge on any atom is -0.493 e. The smallest absolute Gasteiger partial charge is 0.352 e. The summed E-state index contributed by atoms with van der Waals surface area (Å²) in [4.78, 5) is 13.9. The Morgan fingerprint density at radius 1 is 0.948 bits per heavy atom. The predicted molar refractivity (Wildman–Crippen MR) is 223 cm³/mol. The molecule has 9 rings (SSSR count). The Kier molecular flexibility index (Phi) is 10.1. The average Bonchev–Trinajstić information content (AvgIpc) is 3.94. The molecule has 2 aliphatic heterocycles. The molecule has 5 heterocycles. The van der Waals surface area contributed by atoms with E-state index in [1.54, 1.807) is 52.3 Å². The molecule has 0 amide bonds. The van der Waals surface area contributed by atoms with Crippen molar-refractivity contribution in [2.75, 3.05) is 6.61 Å². The summed E-state index contributed by atoms with van der Waals surface area (Å²) in [6, 6.07) is 23.1. The van der Waals surface area contributed by atoms with Crippen LogP contribution >= 0.6 is 23.4 Å². The number of sulfonamides is 1. The highest BCUT2D eigenvalue weighted by Crippen LogP contribution is 2.44. The van der Waals surface area contributed by atoms with Crippen molar-refractivity contribution in [3.63, 3.8) is 0 Å². The summed E-state index contributed by atoms with van der Waals surface area (Å²) in [5.74, 6) is -0.542. The molecule has 58 heavy (non-hydrogen) atoms. The summed E-state index contributed by atoms with van der Waals surface area (Å²) in [6.07, 6.45) is 2.46. The number of aryl methyl sites for hydroxylation is 4. The molecule has 2 aliphatic rings. The first-order valence-electron chi connectivity index (χ1n) is 19.1. The second-order valence-electron chi connectivity index (χ2n) is 14.9. The maximum atomic E-state index is 14.6. The van der Waals surface area contributed by atoms with Crippen molar-refractivity contribution < 1.29 is 27.4 Å². The molecule has 4 aromatic carbocycles. The number of halogens is 2.